The summed E-state index contributed by atoms with van der Waals surface area (Å²) in [5.41, 5.74) is 3.59. The first-order chi connectivity index (χ1) is 12.6. The number of methoxy groups -OCH3 is 1. The fourth-order valence-corrected chi connectivity index (χ4v) is 3.10. The molecule has 26 heavy (non-hydrogen) atoms. The second-order valence-electron chi connectivity index (χ2n) is 5.93. The molecular formula is C20H17ClN4O. The molecule has 2 N–H and O–H groups in total. The molecule has 6 heteroatoms. The van der Waals surface area contributed by atoms with Gasteiger partial charge in [-0.05, 0) is 48.7 Å². The summed E-state index contributed by atoms with van der Waals surface area (Å²) in [6.07, 6.45) is 1.92. The lowest BCUT2D eigenvalue weighted by molar-refractivity contribution is 0.416. The smallest absolute Gasteiger partial charge is 0.134 e. The van der Waals surface area contributed by atoms with Crippen LogP contribution in [0, 0.1) is 6.92 Å². The monoisotopic (exact) mass is 364 g/mol. The van der Waals surface area contributed by atoms with Gasteiger partial charge in [-0.15, -0.1) is 0 Å². The number of nitrogens with zero attached hydrogens (tertiary/aromatic N) is 2. The van der Waals surface area contributed by atoms with Crippen LogP contribution in [-0.4, -0.2) is 22.1 Å². The molecule has 5 nitrogen and oxygen atoms in total. The van der Waals surface area contributed by atoms with Gasteiger partial charge in [-0.25, -0.2) is 9.97 Å². The number of aryl methyl sites for hydroxylation is 1. The van der Waals surface area contributed by atoms with E-state index in [2.05, 4.69) is 26.3 Å². The summed E-state index contributed by atoms with van der Waals surface area (Å²) in [7, 11) is 1.63. The van der Waals surface area contributed by atoms with Crippen LogP contribution in [0.2, 0.25) is 5.02 Å². The van der Waals surface area contributed by atoms with E-state index in [0.717, 1.165) is 22.5 Å². The van der Waals surface area contributed by atoms with Crippen molar-refractivity contribution in [2.24, 2.45) is 0 Å². The van der Waals surface area contributed by atoms with E-state index in [-0.39, 0.29) is 0 Å². The van der Waals surface area contributed by atoms with Crippen LogP contribution in [0.5, 0.6) is 5.75 Å². The molecule has 0 spiro atoms. The van der Waals surface area contributed by atoms with Gasteiger partial charge in [0.1, 0.15) is 17.4 Å². The van der Waals surface area contributed by atoms with E-state index in [0.29, 0.717) is 22.4 Å². The third-order valence-electron chi connectivity index (χ3n) is 4.10. The van der Waals surface area contributed by atoms with Crippen molar-refractivity contribution in [3.8, 4) is 17.0 Å². The number of ether oxygens (including phenoxy) is 1. The lowest BCUT2D eigenvalue weighted by Gasteiger charge is -2.12. The minimum Gasteiger partial charge on any atom is -0.496 e. The number of benzene rings is 2. The normalized spacial score (nSPS) is 10.9. The summed E-state index contributed by atoms with van der Waals surface area (Å²) < 4.78 is 5.45. The second kappa shape index (κ2) is 6.69. The predicted molar refractivity (Wildman–Crippen MR) is 105 cm³/mol. The molecule has 0 atom stereocenters. The number of aromatic nitrogens is 3. The Labute approximate surface area is 156 Å². The van der Waals surface area contributed by atoms with E-state index in [1.54, 1.807) is 13.2 Å². The van der Waals surface area contributed by atoms with Crippen molar-refractivity contribution in [1.82, 2.24) is 15.0 Å². The van der Waals surface area contributed by atoms with Crippen molar-refractivity contribution in [2.75, 3.05) is 12.4 Å². The zero-order valence-electron chi connectivity index (χ0n) is 14.4. The molecule has 0 unspecified atom stereocenters. The number of hydrogen-bond acceptors (Lipinski definition) is 4. The van der Waals surface area contributed by atoms with Crippen LogP contribution >= 0.6 is 11.6 Å². The summed E-state index contributed by atoms with van der Waals surface area (Å²) in [5, 5.41) is 5.14. The van der Waals surface area contributed by atoms with Crippen molar-refractivity contribution in [3.05, 3.63) is 65.6 Å². The van der Waals surface area contributed by atoms with Crippen molar-refractivity contribution in [2.45, 2.75) is 6.92 Å². The Bertz CT molecular complexity index is 1090. The molecule has 0 amide bonds. The first kappa shape index (κ1) is 16.4. The van der Waals surface area contributed by atoms with Crippen molar-refractivity contribution in [1.29, 1.82) is 0 Å². The Balaban J connectivity index is 1.73. The van der Waals surface area contributed by atoms with Crippen LogP contribution in [0.4, 0.5) is 11.5 Å². The fraction of sp³-hybridized carbons (Fsp3) is 0.100. The predicted octanol–water partition coefficient (Wildman–Crippen LogP) is 5.34. The van der Waals surface area contributed by atoms with E-state index < -0.39 is 0 Å². The SMILES string of the molecule is COc1ccc(Cl)cc1-c1cc(Nc2ccc3cc[nH]c3c2)nc(C)n1. The number of halogens is 1. The van der Waals surface area contributed by atoms with Crippen molar-refractivity contribution in [3.63, 3.8) is 0 Å². The van der Waals surface area contributed by atoms with Crippen LogP contribution in [0.25, 0.3) is 22.2 Å². The molecule has 0 radical (unpaired) electrons. The van der Waals surface area contributed by atoms with Crippen molar-refractivity contribution < 1.29 is 4.74 Å². The minimum atomic E-state index is 0.628. The average molecular weight is 365 g/mol. The molecule has 0 aliphatic heterocycles. The highest BCUT2D eigenvalue weighted by atomic mass is 35.5. The number of H-pyrrole nitrogens is 1. The van der Waals surface area contributed by atoms with Gasteiger partial charge in [0.15, 0.2) is 0 Å². The van der Waals surface area contributed by atoms with Gasteiger partial charge < -0.3 is 15.0 Å². The highest BCUT2D eigenvalue weighted by Crippen LogP contribution is 2.32. The standard InChI is InChI=1S/C20H17ClN4O/c1-12-23-18(16-9-14(21)4-6-19(16)26-2)11-20(24-12)25-15-5-3-13-7-8-22-17(13)10-15/h3-11,22H,1-2H3,(H,23,24,25). The van der Waals surface area contributed by atoms with E-state index in [1.807, 2.05) is 49.5 Å². The maximum atomic E-state index is 6.16. The first-order valence-electron chi connectivity index (χ1n) is 8.16. The number of nitrogens with one attached hydrogen (secondary N) is 2. The summed E-state index contributed by atoms with van der Waals surface area (Å²) in [6, 6.07) is 15.5. The molecule has 0 saturated carbocycles. The zero-order valence-corrected chi connectivity index (χ0v) is 15.1. The first-order valence-corrected chi connectivity index (χ1v) is 8.54. The molecular weight excluding hydrogens is 348 g/mol. The van der Waals surface area contributed by atoms with Gasteiger partial charge in [0.2, 0.25) is 0 Å². The highest BCUT2D eigenvalue weighted by molar-refractivity contribution is 6.31. The van der Waals surface area contributed by atoms with E-state index >= 15 is 0 Å². The molecule has 4 aromatic rings. The van der Waals surface area contributed by atoms with Gasteiger partial charge in [0, 0.05) is 34.1 Å². The minimum absolute atomic E-state index is 0.628. The quantitative estimate of drug-likeness (QED) is 0.513. The van der Waals surface area contributed by atoms with Crippen LogP contribution in [0.3, 0.4) is 0 Å². The average Bonchev–Trinajstić information content (AvgIpc) is 3.09. The largest absolute Gasteiger partial charge is 0.496 e. The number of rotatable bonds is 4. The maximum absolute atomic E-state index is 6.16. The van der Waals surface area contributed by atoms with Crippen LogP contribution in [-0.2, 0) is 0 Å². The van der Waals surface area contributed by atoms with E-state index in [4.69, 9.17) is 16.3 Å². The molecule has 2 aromatic carbocycles. The Morgan fingerprint density at radius 3 is 2.77 bits per heavy atom. The molecule has 0 aliphatic carbocycles. The van der Waals surface area contributed by atoms with Crippen molar-refractivity contribution >= 4 is 34.0 Å². The molecule has 0 saturated heterocycles. The van der Waals surface area contributed by atoms with Crippen LogP contribution < -0.4 is 10.1 Å². The lowest BCUT2D eigenvalue weighted by Crippen LogP contribution is -2.00. The molecule has 2 heterocycles. The topological polar surface area (TPSA) is 62.8 Å². The Morgan fingerprint density at radius 2 is 1.92 bits per heavy atom. The lowest BCUT2D eigenvalue weighted by atomic mass is 10.1. The van der Waals surface area contributed by atoms with E-state index in [9.17, 15) is 0 Å². The summed E-state index contributed by atoms with van der Waals surface area (Å²) in [6.45, 7) is 1.86. The Hall–Kier alpha value is -3.05. The zero-order chi connectivity index (χ0) is 18.1. The third kappa shape index (κ3) is 3.21. The van der Waals surface area contributed by atoms with Gasteiger partial charge in [0.25, 0.3) is 0 Å². The number of fused-ring (bicyclic) bond motifs is 1. The summed E-state index contributed by atoms with van der Waals surface area (Å²) >= 11 is 6.16. The maximum Gasteiger partial charge on any atom is 0.134 e. The fourth-order valence-electron chi connectivity index (χ4n) is 2.92. The van der Waals surface area contributed by atoms with E-state index in [1.165, 1.54) is 5.39 Å². The van der Waals surface area contributed by atoms with Gasteiger partial charge in [-0.1, -0.05) is 17.7 Å². The number of hydrogen-bond donors (Lipinski definition) is 2. The molecule has 4 rings (SSSR count). The molecule has 0 aliphatic rings. The molecule has 0 bridgehead atoms. The van der Waals surface area contributed by atoms with Gasteiger partial charge in [-0.2, -0.15) is 0 Å². The van der Waals surface area contributed by atoms with Gasteiger partial charge in [0.05, 0.1) is 12.8 Å². The Kier molecular flexibility index (Phi) is 4.22. The summed E-state index contributed by atoms with van der Waals surface area (Å²) in [5.74, 6) is 2.08. The van der Waals surface area contributed by atoms with Gasteiger partial charge in [-0.3, -0.25) is 0 Å². The highest BCUT2D eigenvalue weighted by Gasteiger charge is 2.11. The number of anilines is 2. The van der Waals surface area contributed by atoms with Crippen LogP contribution in [0.1, 0.15) is 5.82 Å². The second-order valence-corrected chi connectivity index (χ2v) is 6.37. The Morgan fingerprint density at radius 1 is 1.04 bits per heavy atom. The molecule has 2 aromatic heterocycles. The van der Waals surface area contributed by atoms with Crippen LogP contribution in [0.15, 0.2) is 54.7 Å². The molecule has 0 fully saturated rings. The molecule has 130 valence electrons. The number of aromatic amines is 1. The third-order valence-corrected chi connectivity index (χ3v) is 4.34. The summed E-state index contributed by atoms with van der Waals surface area (Å²) in [4.78, 5) is 12.2. The van der Waals surface area contributed by atoms with Gasteiger partial charge >= 0.3 is 0 Å².